The van der Waals surface area contributed by atoms with E-state index in [1.54, 1.807) is 41.5 Å². The van der Waals surface area contributed by atoms with Gasteiger partial charge in [0.15, 0.2) is 0 Å². The molecule has 0 unspecified atom stereocenters. The first-order valence-corrected chi connectivity index (χ1v) is 12.4. The summed E-state index contributed by atoms with van der Waals surface area (Å²) in [6, 6.07) is 21.8. The van der Waals surface area contributed by atoms with E-state index < -0.39 is 29.1 Å². The number of carbonyl (C=O) groups is 2. The van der Waals surface area contributed by atoms with Gasteiger partial charge in [0.2, 0.25) is 0 Å². The number of carbonyl (C=O) groups excluding carboxylic acids is 1. The van der Waals surface area contributed by atoms with Crippen LogP contribution in [-0.2, 0) is 9.53 Å². The Labute approximate surface area is 222 Å². The lowest BCUT2D eigenvalue weighted by atomic mass is 9.86. The third-order valence-corrected chi connectivity index (χ3v) is 5.37. The Balaban J connectivity index is 0.000000387. The molecule has 2 rings (SSSR count). The summed E-state index contributed by atoms with van der Waals surface area (Å²) in [5.41, 5.74) is 1.03. The maximum absolute atomic E-state index is 11.4. The highest BCUT2D eigenvalue weighted by molar-refractivity contribution is 5.80. The van der Waals surface area contributed by atoms with E-state index in [9.17, 15) is 14.9 Å². The highest BCUT2D eigenvalue weighted by Gasteiger charge is 2.34. The molecule has 0 aliphatic rings. The Morgan fingerprint density at radius 3 is 1.54 bits per heavy atom. The molecule has 0 saturated carbocycles. The number of nitrogens with one attached hydrogen (secondary N) is 2. The van der Waals surface area contributed by atoms with E-state index in [0.29, 0.717) is 0 Å². The first-order valence-electron chi connectivity index (χ1n) is 12.4. The van der Waals surface area contributed by atoms with Crippen LogP contribution in [-0.4, -0.2) is 34.9 Å². The number of alkyl carbamates (subject to hydrolysis) is 1. The van der Waals surface area contributed by atoms with Gasteiger partial charge in [0.05, 0.1) is 12.1 Å². The lowest BCUT2D eigenvalue weighted by Gasteiger charge is -2.30. The molecule has 0 fully saturated rings. The molecule has 7 nitrogen and oxygen atoms in total. The van der Waals surface area contributed by atoms with E-state index in [4.69, 9.17) is 9.84 Å². The van der Waals surface area contributed by atoms with Crippen molar-refractivity contribution in [2.24, 2.45) is 10.8 Å². The Morgan fingerprint density at radius 1 is 0.811 bits per heavy atom. The summed E-state index contributed by atoms with van der Waals surface area (Å²) in [6.07, 6.45) is -0.713. The average Bonchev–Trinajstić information content (AvgIpc) is 2.77. The fourth-order valence-corrected chi connectivity index (χ4v) is 3.40. The van der Waals surface area contributed by atoms with Gasteiger partial charge in [-0.1, -0.05) is 102 Å². The van der Waals surface area contributed by atoms with Crippen LogP contribution in [0.1, 0.15) is 79.5 Å². The van der Waals surface area contributed by atoms with Gasteiger partial charge in [-0.2, -0.15) is 5.26 Å². The van der Waals surface area contributed by atoms with Crippen molar-refractivity contribution >= 4 is 12.1 Å². The summed E-state index contributed by atoms with van der Waals surface area (Å²) in [5.74, 6) is -1.07. The number of ether oxygens (including phenoxy) is 1. The zero-order valence-corrected chi connectivity index (χ0v) is 23.6. The molecule has 3 N–H and O–H groups in total. The van der Waals surface area contributed by atoms with Crippen LogP contribution in [0, 0.1) is 22.2 Å². The van der Waals surface area contributed by atoms with Crippen LogP contribution in [0.3, 0.4) is 0 Å². The quantitative estimate of drug-likeness (QED) is 0.420. The number of hydrogen-bond acceptors (Lipinski definition) is 5. The molecule has 0 saturated heterocycles. The number of amides is 1. The third-order valence-electron chi connectivity index (χ3n) is 5.37. The molecule has 0 spiro atoms. The lowest BCUT2D eigenvalue weighted by molar-refractivity contribution is -0.142. The van der Waals surface area contributed by atoms with Gasteiger partial charge in [0.25, 0.3) is 0 Å². The minimum atomic E-state index is -1.07. The summed E-state index contributed by atoms with van der Waals surface area (Å²) in [6.45, 7) is 16.6. The summed E-state index contributed by atoms with van der Waals surface area (Å²) in [4.78, 5) is 22.4. The van der Waals surface area contributed by atoms with Gasteiger partial charge in [0.1, 0.15) is 17.7 Å². The molecule has 2 aromatic rings. The van der Waals surface area contributed by atoms with Crippen molar-refractivity contribution in [2.45, 2.75) is 86.0 Å². The van der Waals surface area contributed by atoms with Gasteiger partial charge in [-0.05, 0) is 42.7 Å². The zero-order chi connectivity index (χ0) is 28.4. The molecular formula is C30H43N3O4. The molecule has 2 aromatic carbocycles. The average molecular weight is 510 g/mol. The highest BCUT2D eigenvalue weighted by Crippen LogP contribution is 2.27. The van der Waals surface area contributed by atoms with Crippen LogP contribution in [0.15, 0.2) is 60.7 Å². The smallest absolute Gasteiger partial charge is 0.408 e. The van der Waals surface area contributed by atoms with Crippen LogP contribution in [0.5, 0.6) is 0 Å². The maximum Gasteiger partial charge on any atom is 0.408 e. The molecule has 0 aliphatic carbocycles. The minimum absolute atomic E-state index is 0.0243. The van der Waals surface area contributed by atoms with E-state index in [1.165, 1.54) is 11.1 Å². The highest BCUT2D eigenvalue weighted by atomic mass is 16.6. The molecule has 0 heterocycles. The summed E-state index contributed by atoms with van der Waals surface area (Å²) >= 11 is 0. The summed E-state index contributed by atoms with van der Waals surface area (Å²) in [5, 5.41) is 24.3. The molecule has 0 aromatic heterocycles. The Morgan fingerprint density at radius 2 is 1.24 bits per heavy atom. The predicted octanol–water partition coefficient (Wildman–Crippen LogP) is 6.31. The number of nitriles is 1. The molecule has 0 aliphatic heterocycles. The van der Waals surface area contributed by atoms with Crippen molar-refractivity contribution < 1.29 is 19.4 Å². The number of aliphatic carboxylic acids is 1. The summed E-state index contributed by atoms with van der Waals surface area (Å²) in [7, 11) is 0. The van der Waals surface area contributed by atoms with Crippen LogP contribution in [0.25, 0.3) is 0 Å². The molecular weight excluding hydrogens is 466 g/mol. The fourth-order valence-electron chi connectivity index (χ4n) is 3.40. The summed E-state index contributed by atoms with van der Waals surface area (Å²) < 4.78 is 5.00. The van der Waals surface area contributed by atoms with Crippen molar-refractivity contribution in [1.82, 2.24) is 10.6 Å². The number of nitrogens with zero attached hydrogens (tertiary/aromatic N) is 1. The number of hydrogen-bond donors (Lipinski definition) is 3. The molecule has 2 atom stereocenters. The van der Waals surface area contributed by atoms with Crippen molar-refractivity contribution in [3.63, 3.8) is 0 Å². The number of carboxylic acid groups (broad SMARTS) is 1. The zero-order valence-electron chi connectivity index (χ0n) is 23.6. The van der Waals surface area contributed by atoms with Gasteiger partial charge < -0.3 is 15.2 Å². The Kier molecular flexibility index (Phi) is 11.3. The lowest BCUT2D eigenvalue weighted by Crippen LogP contribution is -2.50. The van der Waals surface area contributed by atoms with Crippen LogP contribution < -0.4 is 10.6 Å². The van der Waals surface area contributed by atoms with Crippen LogP contribution in [0.2, 0.25) is 0 Å². The predicted molar refractivity (Wildman–Crippen MR) is 147 cm³/mol. The third kappa shape index (κ3) is 11.5. The first kappa shape index (κ1) is 31.7. The van der Waals surface area contributed by atoms with Gasteiger partial charge in [-0.15, -0.1) is 0 Å². The van der Waals surface area contributed by atoms with Crippen molar-refractivity contribution in [1.29, 1.82) is 5.26 Å². The van der Waals surface area contributed by atoms with E-state index in [2.05, 4.69) is 61.7 Å². The second kappa shape index (κ2) is 13.3. The van der Waals surface area contributed by atoms with Crippen molar-refractivity contribution in [2.75, 3.05) is 0 Å². The van der Waals surface area contributed by atoms with Crippen LogP contribution in [0.4, 0.5) is 4.79 Å². The molecule has 37 heavy (non-hydrogen) atoms. The Hall–Kier alpha value is -3.37. The van der Waals surface area contributed by atoms with Gasteiger partial charge in [0, 0.05) is 0 Å². The largest absolute Gasteiger partial charge is 0.480 e. The normalized spacial score (nSPS) is 13.4. The van der Waals surface area contributed by atoms with Gasteiger partial charge in [-0.25, -0.2) is 9.59 Å². The Bertz CT molecular complexity index is 987. The molecule has 0 radical (unpaired) electrons. The second-order valence-electron chi connectivity index (χ2n) is 12.1. The van der Waals surface area contributed by atoms with Crippen molar-refractivity contribution in [3.05, 3.63) is 71.8 Å². The van der Waals surface area contributed by atoms with E-state index in [0.717, 1.165) is 0 Å². The molecule has 0 bridgehead atoms. The van der Waals surface area contributed by atoms with E-state index in [-0.39, 0.29) is 17.5 Å². The standard InChI is InChI=1S/C19H22N2.C11H21NO4/c1-19(2,3)17(14-20)21-18(15-10-6-4-7-11-15)16-12-8-5-9-13-16;1-10(2,3)7(8(13)14)12-9(15)16-11(4,5)6/h4-13,17-18,21H,1-3H3;7H,1-6H3,(H,12,15)(H,13,14)/t17-;7-/m00/s1. The first-order chi connectivity index (χ1) is 17.0. The minimum Gasteiger partial charge on any atom is -0.480 e. The monoisotopic (exact) mass is 509 g/mol. The topological polar surface area (TPSA) is 111 Å². The number of carboxylic acids is 1. The second-order valence-corrected chi connectivity index (χ2v) is 12.1. The number of rotatable bonds is 6. The van der Waals surface area contributed by atoms with Gasteiger partial charge >= 0.3 is 12.1 Å². The molecule has 202 valence electrons. The van der Waals surface area contributed by atoms with Crippen molar-refractivity contribution in [3.8, 4) is 6.07 Å². The van der Waals surface area contributed by atoms with E-state index >= 15 is 0 Å². The van der Waals surface area contributed by atoms with E-state index in [1.807, 2.05) is 36.4 Å². The van der Waals surface area contributed by atoms with Crippen LogP contribution >= 0.6 is 0 Å². The number of benzene rings is 2. The molecule has 1 amide bonds. The molecule has 7 heteroatoms. The maximum atomic E-state index is 11.4. The van der Waals surface area contributed by atoms with Gasteiger partial charge in [-0.3, -0.25) is 5.32 Å². The fraction of sp³-hybridized carbons (Fsp3) is 0.500. The SMILES string of the molecule is CC(C)(C)OC(=O)N[C@@H](C(=O)O)C(C)(C)C.CC(C)(C)[C@H](C#N)NC(c1ccccc1)c1ccccc1.